The van der Waals surface area contributed by atoms with Gasteiger partial charge in [-0.1, -0.05) is 36.4 Å². The molecule has 0 aliphatic carbocycles. The van der Waals surface area contributed by atoms with Crippen LogP contribution in [0.4, 0.5) is 0 Å². The van der Waals surface area contributed by atoms with Crippen LogP contribution in [0.5, 0.6) is 11.6 Å². The van der Waals surface area contributed by atoms with Gasteiger partial charge in [0.25, 0.3) is 5.91 Å². The highest BCUT2D eigenvalue weighted by atomic mass is 32.1. The molecule has 1 aromatic carbocycles. The van der Waals surface area contributed by atoms with Gasteiger partial charge in [-0.25, -0.2) is 4.98 Å². The molecular formula is C21H22N2O4S. The van der Waals surface area contributed by atoms with Gasteiger partial charge in [-0.2, -0.15) is 0 Å². The van der Waals surface area contributed by atoms with Gasteiger partial charge in [0.2, 0.25) is 5.88 Å². The molecule has 2 heterocycles. The van der Waals surface area contributed by atoms with Crippen LogP contribution in [0, 0.1) is 0 Å². The molecule has 6 nitrogen and oxygen atoms in total. The van der Waals surface area contributed by atoms with Crippen molar-refractivity contribution in [1.29, 1.82) is 0 Å². The summed E-state index contributed by atoms with van der Waals surface area (Å²) < 4.78 is 16.0. The molecule has 3 aromatic rings. The third kappa shape index (κ3) is 4.88. The third-order valence-electron chi connectivity index (χ3n) is 4.00. The van der Waals surface area contributed by atoms with Gasteiger partial charge in [0.05, 0.1) is 13.7 Å². The van der Waals surface area contributed by atoms with Gasteiger partial charge in [-0.05, 0) is 17.7 Å². The van der Waals surface area contributed by atoms with E-state index in [2.05, 4.69) is 10.3 Å². The van der Waals surface area contributed by atoms with Crippen LogP contribution in [0.3, 0.4) is 0 Å². The summed E-state index contributed by atoms with van der Waals surface area (Å²) in [6, 6.07) is 15.5. The Morgan fingerprint density at radius 1 is 1.11 bits per heavy atom. The Kier molecular flexibility index (Phi) is 7.00. The van der Waals surface area contributed by atoms with Crippen LogP contribution in [-0.2, 0) is 11.3 Å². The lowest BCUT2D eigenvalue weighted by Crippen LogP contribution is -2.23. The highest BCUT2D eigenvalue weighted by molar-refractivity contribution is 7.17. The maximum atomic E-state index is 12.8. The number of hydrogen-bond donors (Lipinski definition) is 1. The lowest BCUT2D eigenvalue weighted by Gasteiger charge is -2.10. The number of rotatable bonds is 9. The molecule has 146 valence electrons. The number of carbonyl (C=O) groups is 1. The normalized spacial score (nSPS) is 10.5. The topological polar surface area (TPSA) is 69.7 Å². The summed E-state index contributed by atoms with van der Waals surface area (Å²) >= 11 is 1.40. The van der Waals surface area contributed by atoms with Crippen molar-refractivity contribution in [3.63, 3.8) is 0 Å². The minimum absolute atomic E-state index is 0.198. The Labute approximate surface area is 168 Å². The van der Waals surface area contributed by atoms with Crippen LogP contribution in [0.1, 0.15) is 15.2 Å². The smallest absolute Gasteiger partial charge is 0.265 e. The van der Waals surface area contributed by atoms with Gasteiger partial charge in [0, 0.05) is 30.3 Å². The molecule has 0 aliphatic rings. The van der Waals surface area contributed by atoms with Crippen molar-refractivity contribution in [2.45, 2.75) is 6.54 Å². The van der Waals surface area contributed by atoms with E-state index in [0.29, 0.717) is 36.3 Å². The van der Waals surface area contributed by atoms with E-state index in [1.807, 2.05) is 48.5 Å². The molecule has 1 N–H and O–H groups in total. The van der Waals surface area contributed by atoms with Gasteiger partial charge >= 0.3 is 0 Å². The Morgan fingerprint density at radius 3 is 2.68 bits per heavy atom. The number of nitrogens with zero attached hydrogens (tertiary/aromatic N) is 1. The summed E-state index contributed by atoms with van der Waals surface area (Å²) in [5.74, 6) is 0.850. The number of nitrogens with one attached hydrogen (secondary N) is 1. The highest BCUT2D eigenvalue weighted by Crippen LogP contribution is 2.36. The minimum atomic E-state index is -0.198. The molecule has 7 heteroatoms. The first-order valence-corrected chi connectivity index (χ1v) is 9.61. The van der Waals surface area contributed by atoms with E-state index < -0.39 is 0 Å². The molecule has 28 heavy (non-hydrogen) atoms. The van der Waals surface area contributed by atoms with Crippen LogP contribution >= 0.6 is 11.3 Å². The first kappa shape index (κ1) is 19.9. The Hall–Kier alpha value is -2.90. The summed E-state index contributed by atoms with van der Waals surface area (Å²) in [7, 11) is 3.18. The largest absolute Gasteiger partial charge is 0.495 e. The molecule has 0 saturated heterocycles. The number of ether oxygens (including phenoxy) is 3. The van der Waals surface area contributed by atoms with Crippen molar-refractivity contribution in [2.75, 3.05) is 27.4 Å². The number of pyridine rings is 1. The van der Waals surface area contributed by atoms with E-state index in [1.54, 1.807) is 20.4 Å². The zero-order valence-corrected chi connectivity index (χ0v) is 16.6. The Bertz CT molecular complexity index is 912. The summed E-state index contributed by atoms with van der Waals surface area (Å²) in [4.78, 5) is 18.5. The Balaban J connectivity index is 1.71. The van der Waals surface area contributed by atoms with Crippen LogP contribution in [0.25, 0.3) is 10.4 Å². The van der Waals surface area contributed by atoms with Crippen molar-refractivity contribution in [1.82, 2.24) is 10.3 Å². The van der Waals surface area contributed by atoms with Crippen molar-refractivity contribution >= 4 is 17.2 Å². The summed E-state index contributed by atoms with van der Waals surface area (Å²) in [5.41, 5.74) is 1.84. The molecule has 0 atom stereocenters. The average molecular weight is 398 g/mol. The predicted molar refractivity (Wildman–Crippen MR) is 109 cm³/mol. The van der Waals surface area contributed by atoms with E-state index in [0.717, 1.165) is 16.0 Å². The maximum Gasteiger partial charge on any atom is 0.265 e. The molecule has 1 amide bonds. The van der Waals surface area contributed by atoms with Gasteiger partial charge in [-0.15, -0.1) is 11.3 Å². The monoisotopic (exact) mass is 398 g/mol. The molecule has 0 radical (unpaired) electrons. The number of thiophene rings is 1. The maximum absolute atomic E-state index is 12.8. The van der Waals surface area contributed by atoms with E-state index in [-0.39, 0.29) is 5.91 Å². The number of aromatic nitrogens is 1. The summed E-state index contributed by atoms with van der Waals surface area (Å²) in [6.45, 7) is 1.17. The van der Waals surface area contributed by atoms with Gasteiger partial charge < -0.3 is 19.5 Å². The Morgan fingerprint density at radius 2 is 1.93 bits per heavy atom. The highest BCUT2D eigenvalue weighted by Gasteiger charge is 2.18. The molecule has 3 rings (SSSR count). The zero-order valence-electron chi connectivity index (χ0n) is 15.8. The zero-order chi connectivity index (χ0) is 19.8. The van der Waals surface area contributed by atoms with E-state index in [4.69, 9.17) is 14.2 Å². The fraction of sp³-hybridized carbons (Fsp3) is 0.238. The van der Waals surface area contributed by atoms with E-state index >= 15 is 0 Å². The lowest BCUT2D eigenvalue weighted by atomic mass is 10.2. The van der Waals surface area contributed by atoms with Crippen LogP contribution in [0.2, 0.25) is 0 Å². The quantitative estimate of drug-likeness (QED) is 0.556. The average Bonchev–Trinajstić information content (AvgIpc) is 3.18. The number of amides is 1. The first-order valence-electron chi connectivity index (χ1n) is 8.80. The number of benzene rings is 1. The molecule has 2 aromatic heterocycles. The molecule has 0 aliphatic heterocycles. The van der Waals surface area contributed by atoms with Crippen LogP contribution < -0.4 is 14.8 Å². The standard InChI is InChI=1S/C21H22N2O4S/c1-25-11-12-27-21-16(9-6-10-22-21)14-23-20(24)19-17(26-2)13-18(28-19)15-7-4-3-5-8-15/h3-10,13H,11-12,14H2,1-2H3,(H,23,24). The predicted octanol–water partition coefficient (Wildman–Crippen LogP) is 3.77. The van der Waals surface area contributed by atoms with Crippen molar-refractivity contribution in [3.05, 3.63) is 65.2 Å². The second-order valence-corrected chi connectivity index (χ2v) is 6.92. The molecule has 0 fully saturated rings. The van der Waals surface area contributed by atoms with Crippen LogP contribution in [0.15, 0.2) is 54.7 Å². The number of carbonyl (C=O) groups excluding carboxylic acids is 1. The molecule has 0 bridgehead atoms. The number of hydrogen-bond acceptors (Lipinski definition) is 6. The van der Waals surface area contributed by atoms with E-state index in [9.17, 15) is 4.79 Å². The molecule has 0 saturated carbocycles. The molecule has 0 spiro atoms. The number of methoxy groups -OCH3 is 2. The summed E-state index contributed by atoms with van der Waals surface area (Å²) in [6.07, 6.45) is 1.65. The van der Waals surface area contributed by atoms with Crippen molar-refractivity contribution in [2.24, 2.45) is 0 Å². The van der Waals surface area contributed by atoms with Crippen molar-refractivity contribution < 1.29 is 19.0 Å². The molecular weight excluding hydrogens is 376 g/mol. The second kappa shape index (κ2) is 9.87. The SMILES string of the molecule is COCCOc1ncccc1CNC(=O)c1sc(-c2ccccc2)cc1OC. The van der Waals surface area contributed by atoms with E-state index in [1.165, 1.54) is 11.3 Å². The van der Waals surface area contributed by atoms with Gasteiger partial charge in [0.15, 0.2) is 0 Å². The fourth-order valence-electron chi connectivity index (χ4n) is 2.59. The summed E-state index contributed by atoms with van der Waals surface area (Å²) in [5, 5.41) is 2.93. The minimum Gasteiger partial charge on any atom is -0.495 e. The molecule has 0 unspecified atom stereocenters. The lowest BCUT2D eigenvalue weighted by molar-refractivity contribution is 0.0951. The first-order chi connectivity index (χ1) is 13.7. The van der Waals surface area contributed by atoms with Crippen LogP contribution in [-0.4, -0.2) is 38.3 Å². The van der Waals surface area contributed by atoms with Crippen molar-refractivity contribution in [3.8, 4) is 22.1 Å². The van der Waals surface area contributed by atoms with Gasteiger partial charge in [-0.3, -0.25) is 4.79 Å². The second-order valence-electron chi connectivity index (χ2n) is 5.87. The van der Waals surface area contributed by atoms with Gasteiger partial charge in [0.1, 0.15) is 17.2 Å². The fourth-order valence-corrected chi connectivity index (χ4v) is 3.64. The third-order valence-corrected chi connectivity index (χ3v) is 5.16.